The van der Waals surface area contributed by atoms with Gasteiger partial charge in [-0.3, -0.25) is 4.79 Å². The summed E-state index contributed by atoms with van der Waals surface area (Å²) in [4.78, 5) is 11.7. The van der Waals surface area contributed by atoms with E-state index in [1.165, 1.54) is 24.6 Å². The predicted molar refractivity (Wildman–Crippen MR) is 71.1 cm³/mol. The summed E-state index contributed by atoms with van der Waals surface area (Å²) in [5, 5.41) is 8.69. The summed E-state index contributed by atoms with van der Waals surface area (Å²) in [7, 11) is 0. The summed E-state index contributed by atoms with van der Waals surface area (Å²) in [5.74, 6) is 0.527. The minimum absolute atomic E-state index is 0.236. The predicted octanol–water partition coefficient (Wildman–Crippen LogP) is 2.31. The fourth-order valence-electron chi connectivity index (χ4n) is 1.71. The van der Waals surface area contributed by atoms with Gasteiger partial charge in [0.1, 0.15) is 12.1 Å². The van der Waals surface area contributed by atoms with Crippen LogP contribution in [0.5, 0.6) is 5.75 Å². The van der Waals surface area contributed by atoms with Crippen LogP contribution in [-0.4, -0.2) is 26.5 Å². The molecule has 0 unspecified atom stereocenters. The molecule has 1 aromatic heterocycles. The lowest BCUT2D eigenvalue weighted by Crippen LogP contribution is -2.11. The standard InChI is InChI=1S/C13H13N3O2S/c17-12(18-11-4-2-1-3-5-11)8-19-13-15-14-9-16(13)10-6-7-10/h1-5,9-10H,6-8H2. The van der Waals surface area contributed by atoms with Gasteiger partial charge in [0.2, 0.25) is 0 Å². The third-order valence-electron chi connectivity index (χ3n) is 2.77. The number of para-hydroxylation sites is 1. The molecule has 0 spiro atoms. The third kappa shape index (κ3) is 3.14. The summed E-state index contributed by atoms with van der Waals surface area (Å²) in [5.41, 5.74) is 0. The fourth-order valence-corrected chi connectivity index (χ4v) is 2.47. The second-order valence-electron chi connectivity index (χ2n) is 4.33. The van der Waals surface area contributed by atoms with Crippen molar-refractivity contribution in [1.82, 2.24) is 14.8 Å². The molecular weight excluding hydrogens is 262 g/mol. The van der Waals surface area contributed by atoms with Crippen LogP contribution in [0.3, 0.4) is 0 Å². The molecule has 0 amide bonds. The Hall–Kier alpha value is -1.82. The zero-order valence-electron chi connectivity index (χ0n) is 10.2. The maximum atomic E-state index is 11.7. The number of aromatic nitrogens is 3. The highest BCUT2D eigenvalue weighted by Gasteiger charge is 2.26. The van der Waals surface area contributed by atoms with E-state index in [-0.39, 0.29) is 11.7 Å². The van der Waals surface area contributed by atoms with Crippen LogP contribution in [-0.2, 0) is 4.79 Å². The second-order valence-corrected chi connectivity index (χ2v) is 5.27. The van der Waals surface area contributed by atoms with E-state index in [4.69, 9.17) is 4.74 Å². The molecule has 1 aliphatic carbocycles. The number of esters is 1. The van der Waals surface area contributed by atoms with E-state index in [1.807, 2.05) is 22.8 Å². The first-order valence-corrected chi connectivity index (χ1v) is 7.09. The van der Waals surface area contributed by atoms with Crippen molar-refractivity contribution in [3.05, 3.63) is 36.7 Å². The van der Waals surface area contributed by atoms with Gasteiger partial charge in [-0.2, -0.15) is 0 Å². The lowest BCUT2D eigenvalue weighted by atomic mass is 10.3. The van der Waals surface area contributed by atoms with Gasteiger partial charge in [0.25, 0.3) is 0 Å². The van der Waals surface area contributed by atoms with Gasteiger partial charge in [-0.25, -0.2) is 0 Å². The fraction of sp³-hybridized carbons (Fsp3) is 0.308. The van der Waals surface area contributed by atoms with E-state index < -0.39 is 0 Å². The summed E-state index contributed by atoms with van der Waals surface area (Å²) < 4.78 is 7.24. The van der Waals surface area contributed by atoms with Crippen molar-refractivity contribution in [2.45, 2.75) is 24.0 Å². The van der Waals surface area contributed by atoms with Gasteiger partial charge in [-0.05, 0) is 25.0 Å². The quantitative estimate of drug-likeness (QED) is 0.476. The highest BCUT2D eigenvalue weighted by Crippen LogP contribution is 2.37. The largest absolute Gasteiger partial charge is 0.426 e. The second kappa shape index (κ2) is 5.44. The van der Waals surface area contributed by atoms with Crippen LogP contribution >= 0.6 is 11.8 Å². The average Bonchev–Trinajstić information content (AvgIpc) is 3.16. The van der Waals surface area contributed by atoms with E-state index >= 15 is 0 Å². The minimum atomic E-state index is -0.276. The Morgan fingerprint density at radius 2 is 2.16 bits per heavy atom. The van der Waals surface area contributed by atoms with Gasteiger partial charge in [-0.15, -0.1) is 10.2 Å². The van der Waals surface area contributed by atoms with E-state index in [9.17, 15) is 4.79 Å². The Bertz CT molecular complexity index is 566. The van der Waals surface area contributed by atoms with E-state index in [0.29, 0.717) is 11.8 Å². The molecule has 2 aromatic rings. The van der Waals surface area contributed by atoms with Gasteiger partial charge in [0.05, 0.1) is 5.75 Å². The third-order valence-corrected chi connectivity index (χ3v) is 3.71. The molecule has 3 rings (SSSR count). The van der Waals surface area contributed by atoms with Gasteiger partial charge < -0.3 is 9.30 Å². The van der Waals surface area contributed by atoms with Crippen molar-refractivity contribution in [3.63, 3.8) is 0 Å². The van der Waals surface area contributed by atoms with E-state index in [1.54, 1.807) is 18.5 Å². The lowest BCUT2D eigenvalue weighted by molar-refractivity contribution is -0.131. The van der Waals surface area contributed by atoms with Crippen molar-refractivity contribution < 1.29 is 9.53 Å². The van der Waals surface area contributed by atoms with Gasteiger partial charge in [-0.1, -0.05) is 30.0 Å². The number of rotatable bonds is 5. The van der Waals surface area contributed by atoms with Crippen LogP contribution in [0.15, 0.2) is 41.8 Å². The first-order valence-electron chi connectivity index (χ1n) is 6.11. The Morgan fingerprint density at radius 3 is 2.89 bits per heavy atom. The molecule has 1 aliphatic rings. The molecule has 1 heterocycles. The molecule has 6 heteroatoms. The number of hydrogen-bond donors (Lipinski definition) is 0. The molecule has 5 nitrogen and oxygen atoms in total. The van der Waals surface area contributed by atoms with Crippen molar-refractivity contribution in [3.8, 4) is 5.75 Å². The molecule has 19 heavy (non-hydrogen) atoms. The monoisotopic (exact) mass is 275 g/mol. The molecule has 0 radical (unpaired) electrons. The normalized spacial score (nSPS) is 14.3. The van der Waals surface area contributed by atoms with Gasteiger partial charge in [0, 0.05) is 6.04 Å². The minimum Gasteiger partial charge on any atom is -0.426 e. The molecule has 0 atom stereocenters. The van der Waals surface area contributed by atoms with Crippen molar-refractivity contribution in [2.24, 2.45) is 0 Å². The van der Waals surface area contributed by atoms with Crippen molar-refractivity contribution in [2.75, 3.05) is 5.75 Å². The van der Waals surface area contributed by atoms with Crippen molar-refractivity contribution in [1.29, 1.82) is 0 Å². The zero-order chi connectivity index (χ0) is 13.1. The molecule has 0 aliphatic heterocycles. The average molecular weight is 275 g/mol. The Balaban J connectivity index is 1.54. The van der Waals surface area contributed by atoms with E-state index in [0.717, 1.165) is 5.16 Å². The number of hydrogen-bond acceptors (Lipinski definition) is 5. The maximum absolute atomic E-state index is 11.7. The summed E-state index contributed by atoms with van der Waals surface area (Å²) >= 11 is 1.36. The Morgan fingerprint density at radius 1 is 1.37 bits per heavy atom. The number of thioether (sulfide) groups is 1. The highest BCUT2D eigenvalue weighted by molar-refractivity contribution is 7.99. The molecule has 1 fully saturated rings. The Labute approximate surface area is 115 Å². The van der Waals surface area contributed by atoms with Crippen molar-refractivity contribution >= 4 is 17.7 Å². The number of carbonyl (C=O) groups excluding carboxylic acids is 1. The molecule has 1 saturated carbocycles. The molecule has 0 N–H and O–H groups in total. The highest BCUT2D eigenvalue weighted by atomic mass is 32.2. The number of carbonyl (C=O) groups is 1. The number of ether oxygens (including phenoxy) is 1. The van der Waals surface area contributed by atoms with Crippen LogP contribution in [0, 0.1) is 0 Å². The van der Waals surface area contributed by atoms with Gasteiger partial charge in [0.15, 0.2) is 5.16 Å². The maximum Gasteiger partial charge on any atom is 0.321 e. The molecule has 0 bridgehead atoms. The molecule has 1 aromatic carbocycles. The summed E-state index contributed by atoms with van der Waals surface area (Å²) in [6.07, 6.45) is 4.06. The summed E-state index contributed by atoms with van der Waals surface area (Å²) in [6.45, 7) is 0. The first-order chi connectivity index (χ1) is 9.33. The molecule has 98 valence electrons. The summed E-state index contributed by atoms with van der Waals surface area (Å²) in [6, 6.07) is 9.58. The van der Waals surface area contributed by atoms with Crippen LogP contribution in [0.2, 0.25) is 0 Å². The van der Waals surface area contributed by atoms with Gasteiger partial charge >= 0.3 is 5.97 Å². The van der Waals surface area contributed by atoms with E-state index in [2.05, 4.69) is 10.2 Å². The topological polar surface area (TPSA) is 57.0 Å². The Kier molecular flexibility index (Phi) is 3.50. The lowest BCUT2D eigenvalue weighted by Gasteiger charge is -2.05. The van der Waals surface area contributed by atoms with Crippen LogP contribution < -0.4 is 4.74 Å². The first kappa shape index (κ1) is 12.2. The van der Waals surface area contributed by atoms with Crippen LogP contribution in [0.25, 0.3) is 0 Å². The SMILES string of the molecule is O=C(CSc1nncn1C1CC1)Oc1ccccc1. The number of nitrogens with zero attached hydrogens (tertiary/aromatic N) is 3. The van der Waals surface area contributed by atoms with Crippen LogP contribution in [0.1, 0.15) is 18.9 Å². The van der Waals surface area contributed by atoms with Crippen LogP contribution in [0.4, 0.5) is 0 Å². The zero-order valence-corrected chi connectivity index (χ0v) is 11.0. The number of benzene rings is 1. The molecular formula is C13H13N3O2S. The molecule has 0 saturated heterocycles. The smallest absolute Gasteiger partial charge is 0.321 e.